The van der Waals surface area contributed by atoms with E-state index in [9.17, 15) is 4.79 Å². The average Bonchev–Trinajstić information content (AvgIpc) is 2.80. The summed E-state index contributed by atoms with van der Waals surface area (Å²) in [5.74, 6) is -0.979. The fourth-order valence-electron chi connectivity index (χ4n) is 1.26. The number of aliphatic carboxylic acids is 1. The molecule has 80 valence electrons. The summed E-state index contributed by atoms with van der Waals surface area (Å²) in [6, 6.07) is 1.83. The minimum absolute atomic E-state index is 0.730. The molecule has 0 spiro atoms. The lowest BCUT2D eigenvalue weighted by atomic mass is 10.2. The highest BCUT2D eigenvalue weighted by Gasteiger charge is 1.97. The molecule has 5 heteroatoms. The molecule has 0 saturated carbocycles. The zero-order valence-corrected chi connectivity index (χ0v) is 8.32. The van der Waals surface area contributed by atoms with E-state index in [2.05, 4.69) is 9.97 Å². The third-order valence-electron chi connectivity index (χ3n) is 1.97. The summed E-state index contributed by atoms with van der Waals surface area (Å²) in [5.41, 5.74) is 1.57. The van der Waals surface area contributed by atoms with Crippen LogP contribution in [0.1, 0.15) is 5.56 Å². The highest BCUT2D eigenvalue weighted by Crippen LogP contribution is 2.09. The Morgan fingerprint density at radius 2 is 2.25 bits per heavy atom. The van der Waals surface area contributed by atoms with Crippen LogP contribution in [0, 0.1) is 0 Å². The number of aromatic nitrogens is 3. The van der Waals surface area contributed by atoms with Gasteiger partial charge in [-0.05, 0) is 17.7 Å². The Balaban J connectivity index is 2.30. The van der Waals surface area contributed by atoms with Crippen molar-refractivity contribution in [2.45, 2.75) is 0 Å². The van der Waals surface area contributed by atoms with E-state index in [0.29, 0.717) is 0 Å². The molecular formula is C11H9N3O2. The average molecular weight is 215 g/mol. The second kappa shape index (κ2) is 4.39. The molecular weight excluding hydrogens is 206 g/mol. The van der Waals surface area contributed by atoms with Gasteiger partial charge >= 0.3 is 5.97 Å². The Hall–Kier alpha value is -2.43. The standard InChI is InChI=1S/C11H9N3O2/c15-11(16)2-1-9-5-10(7-13-6-9)14-4-3-12-8-14/h1-8H,(H,15,16)/b2-1+. The number of rotatable bonds is 3. The van der Waals surface area contributed by atoms with Crippen LogP contribution in [0.5, 0.6) is 0 Å². The molecule has 0 unspecified atom stereocenters. The van der Waals surface area contributed by atoms with Gasteiger partial charge in [0.05, 0.1) is 18.2 Å². The molecule has 2 aromatic heterocycles. The van der Waals surface area contributed by atoms with Crippen LogP contribution in [0.2, 0.25) is 0 Å². The van der Waals surface area contributed by atoms with Crippen LogP contribution in [0.15, 0.2) is 43.3 Å². The molecule has 0 saturated heterocycles. The third-order valence-corrected chi connectivity index (χ3v) is 1.97. The summed E-state index contributed by atoms with van der Waals surface area (Å²) >= 11 is 0. The Labute approximate surface area is 91.7 Å². The van der Waals surface area contributed by atoms with Crippen molar-refractivity contribution in [1.82, 2.24) is 14.5 Å². The van der Waals surface area contributed by atoms with Gasteiger partial charge in [-0.2, -0.15) is 0 Å². The van der Waals surface area contributed by atoms with Crippen molar-refractivity contribution in [1.29, 1.82) is 0 Å². The van der Waals surface area contributed by atoms with E-state index in [-0.39, 0.29) is 0 Å². The summed E-state index contributed by atoms with van der Waals surface area (Å²) in [6.07, 6.45) is 11.0. The number of carbonyl (C=O) groups is 1. The quantitative estimate of drug-likeness (QED) is 0.785. The molecule has 2 heterocycles. The second-order valence-corrected chi connectivity index (χ2v) is 3.12. The zero-order valence-electron chi connectivity index (χ0n) is 8.32. The lowest BCUT2D eigenvalue weighted by Crippen LogP contribution is -1.92. The van der Waals surface area contributed by atoms with E-state index in [1.54, 1.807) is 35.7 Å². The lowest BCUT2D eigenvalue weighted by Gasteiger charge is -2.01. The molecule has 0 radical (unpaired) electrons. The predicted octanol–water partition coefficient (Wildman–Crippen LogP) is 1.37. The first-order chi connectivity index (χ1) is 7.75. The summed E-state index contributed by atoms with van der Waals surface area (Å²) in [6.45, 7) is 0. The maximum absolute atomic E-state index is 10.4. The van der Waals surface area contributed by atoms with Crippen molar-refractivity contribution in [3.8, 4) is 5.69 Å². The van der Waals surface area contributed by atoms with E-state index < -0.39 is 5.97 Å². The number of pyridine rings is 1. The monoisotopic (exact) mass is 215 g/mol. The molecule has 2 aromatic rings. The molecule has 1 N–H and O–H groups in total. The number of imidazole rings is 1. The highest BCUT2D eigenvalue weighted by atomic mass is 16.4. The summed E-state index contributed by atoms with van der Waals surface area (Å²) < 4.78 is 1.80. The summed E-state index contributed by atoms with van der Waals surface area (Å²) in [5, 5.41) is 8.51. The van der Waals surface area contributed by atoms with Crippen LogP contribution in [-0.4, -0.2) is 25.6 Å². The maximum atomic E-state index is 10.4. The van der Waals surface area contributed by atoms with E-state index in [1.807, 2.05) is 6.07 Å². The van der Waals surface area contributed by atoms with Gasteiger partial charge < -0.3 is 9.67 Å². The van der Waals surface area contributed by atoms with E-state index in [1.165, 1.54) is 6.08 Å². The van der Waals surface area contributed by atoms with Crippen molar-refractivity contribution in [2.75, 3.05) is 0 Å². The Bertz CT molecular complexity index is 518. The molecule has 0 bridgehead atoms. The molecule has 0 amide bonds. The highest BCUT2D eigenvalue weighted by molar-refractivity contribution is 5.85. The summed E-state index contributed by atoms with van der Waals surface area (Å²) in [4.78, 5) is 18.3. The lowest BCUT2D eigenvalue weighted by molar-refractivity contribution is -0.131. The van der Waals surface area contributed by atoms with Crippen LogP contribution < -0.4 is 0 Å². The molecule has 0 aliphatic rings. The molecule has 16 heavy (non-hydrogen) atoms. The van der Waals surface area contributed by atoms with Crippen LogP contribution in [0.25, 0.3) is 11.8 Å². The number of carboxylic acid groups (broad SMARTS) is 1. The van der Waals surface area contributed by atoms with Crippen molar-refractivity contribution in [3.05, 3.63) is 48.8 Å². The number of carboxylic acids is 1. The SMILES string of the molecule is O=C(O)/C=C/c1cncc(-n2ccnc2)c1. The fraction of sp³-hybridized carbons (Fsp3) is 0. The Morgan fingerprint density at radius 3 is 2.94 bits per heavy atom. The smallest absolute Gasteiger partial charge is 0.328 e. The van der Waals surface area contributed by atoms with Gasteiger partial charge in [0.2, 0.25) is 0 Å². The van der Waals surface area contributed by atoms with E-state index >= 15 is 0 Å². The van der Waals surface area contributed by atoms with E-state index in [0.717, 1.165) is 17.3 Å². The van der Waals surface area contributed by atoms with Gasteiger partial charge in [0, 0.05) is 24.7 Å². The molecule has 5 nitrogen and oxygen atoms in total. The normalized spacial score (nSPS) is 10.8. The molecule has 0 aliphatic carbocycles. The van der Waals surface area contributed by atoms with Gasteiger partial charge in [0.15, 0.2) is 0 Å². The Morgan fingerprint density at radius 1 is 1.38 bits per heavy atom. The van der Waals surface area contributed by atoms with Gasteiger partial charge in [-0.1, -0.05) is 0 Å². The Kier molecular flexibility index (Phi) is 2.77. The number of hydrogen-bond acceptors (Lipinski definition) is 3. The van der Waals surface area contributed by atoms with Gasteiger partial charge in [0.25, 0.3) is 0 Å². The van der Waals surface area contributed by atoms with Crippen molar-refractivity contribution in [3.63, 3.8) is 0 Å². The largest absolute Gasteiger partial charge is 0.478 e. The maximum Gasteiger partial charge on any atom is 0.328 e. The van der Waals surface area contributed by atoms with E-state index in [4.69, 9.17) is 5.11 Å². The molecule has 0 aromatic carbocycles. The number of nitrogens with zero attached hydrogens (tertiary/aromatic N) is 3. The fourth-order valence-corrected chi connectivity index (χ4v) is 1.26. The van der Waals surface area contributed by atoms with Crippen molar-refractivity contribution < 1.29 is 9.90 Å². The van der Waals surface area contributed by atoms with Crippen LogP contribution >= 0.6 is 0 Å². The first-order valence-corrected chi connectivity index (χ1v) is 4.60. The molecule has 0 fully saturated rings. The van der Waals surface area contributed by atoms with Gasteiger partial charge in [0.1, 0.15) is 0 Å². The van der Waals surface area contributed by atoms with Crippen LogP contribution in [-0.2, 0) is 4.79 Å². The van der Waals surface area contributed by atoms with Crippen LogP contribution in [0.4, 0.5) is 0 Å². The minimum atomic E-state index is -0.979. The topological polar surface area (TPSA) is 68.0 Å². The van der Waals surface area contributed by atoms with Gasteiger partial charge in [-0.3, -0.25) is 4.98 Å². The van der Waals surface area contributed by atoms with Crippen molar-refractivity contribution in [2.24, 2.45) is 0 Å². The van der Waals surface area contributed by atoms with Crippen molar-refractivity contribution >= 4 is 12.0 Å². The first-order valence-electron chi connectivity index (χ1n) is 4.60. The first kappa shape index (κ1) is 10.1. The molecule has 2 rings (SSSR count). The second-order valence-electron chi connectivity index (χ2n) is 3.12. The summed E-state index contributed by atoms with van der Waals surface area (Å²) in [7, 11) is 0. The predicted molar refractivity (Wildman–Crippen MR) is 58.0 cm³/mol. The minimum Gasteiger partial charge on any atom is -0.478 e. The van der Waals surface area contributed by atoms with Crippen LogP contribution in [0.3, 0.4) is 0 Å². The number of hydrogen-bond donors (Lipinski definition) is 1. The molecule has 0 aliphatic heterocycles. The zero-order chi connectivity index (χ0) is 11.4. The molecule has 0 atom stereocenters. The third kappa shape index (κ3) is 2.33. The van der Waals surface area contributed by atoms with Gasteiger partial charge in [-0.25, -0.2) is 9.78 Å². The van der Waals surface area contributed by atoms with Gasteiger partial charge in [-0.15, -0.1) is 0 Å².